The highest BCUT2D eigenvalue weighted by Gasteiger charge is 2.32. The maximum atomic E-state index is 12.7. The number of nitrogens with zero attached hydrogens (tertiary/aromatic N) is 3. The Kier molecular flexibility index (Phi) is 7.79. The van der Waals surface area contributed by atoms with Crippen LogP contribution < -0.4 is 5.43 Å². The van der Waals surface area contributed by atoms with Crippen LogP contribution in [0.2, 0.25) is 0 Å². The van der Waals surface area contributed by atoms with Crippen molar-refractivity contribution in [1.29, 1.82) is 0 Å². The summed E-state index contributed by atoms with van der Waals surface area (Å²) in [5.41, 5.74) is 7.78. The molecule has 2 amide bonds. The van der Waals surface area contributed by atoms with E-state index in [0.717, 1.165) is 49.3 Å². The number of rotatable bonds is 7. The van der Waals surface area contributed by atoms with Crippen LogP contribution in [-0.2, 0) is 17.9 Å². The van der Waals surface area contributed by atoms with Gasteiger partial charge in [0.15, 0.2) is 0 Å². The van der Waals surface area contributed by atoms with Crippen molar-refractivity contribution in [3.8, 4) is 0 Å². The maximum Gasteiger partial charge on any atom is 0.271 e. The number of hydrogen-bond donors (Lipinski definition) is 1. The smallest absolute Gasteiger partial charge is 0.271 e. The van der Waals surface area contributed by atoms with Crippen LogP contribution in [0.25, 0.3) is 0 Å². The number of carbonyl (C=O) groups excluding carboxylic acids is 2. The second-order valence-corrected chi connectivity index (χ2v) is 10.2. The summed E-state index contributed by atoms with van der Waals surface area (Å²) in [6.45, 7) is 3.41. The van der Waals surface area contributed by atoms with Gasteiger partial charge >= 0.3 is 0 Å². The number of nitrogens with one attached hydrogen (secondary N) is 1. The minimum Gasteiger partial charge on any atom is -0.322 e. The van der Waals surface area contributed by atoms with Crippen molar-refractivity contribution in [2.45, 2.75) is 31.3 Å². The van der Waals surface area contributed by atoms with Crippen molar-refractivity contribution in [3.05, 3.63) is 107 Å². The monoisotopic (exact) mass is 498 g/mol. The molecule has 184 valence electrons. The molecular formula is C29H30N4O2S. The van der Waals surface area contributed by atoms with E-state index in [1.807, 2.05) is 65.6 Å². The first-order chi connectivity index (χ1) is 17.7. The van der Waals surface area contributed by atoms with E-state index in [-0.39, 0.29) is 17.2 Å². The van der Waals surface area contributed by atoms with Gasteiger partial charge in [-0.05, 0) is 28.8 Å². The van der Waals surface area contributed by atoms with Gasteiger partial charge in [0.25, 0.3) is 5.91 Å². The summed E-state index contributed by atoms with van der Waals surface area (Å²) < 4.78 is 0. The third kappa shape index (κ3) is 6.04. The van der Waals surface area contributed by atoms with Crippen molar-refractivity contribution in [3.63, 3.8) is 0 Å². The highest BCUT2D eigenvalue weighted by Crippen LogP contribution is 2.39. The fourth-order valence-corrected chi connectivity index (χ4v) is 5.79. The largest absolute Gasteiger partial charge is 0.322 e. The Bertz CT molecular complexity index is 1210. The van der Waals surface area contributed by atoms with Gasteiger partial charge in [-0.15, -0.1) is 11.8 Å². The molecule has 0 saturated carbocycles. The van der Waals surface area contributed by atoms with Crippen molar-refractivity contribution < 1.29 is 9.59 Å². The predicted molar refractivity (Wildman–Crippen MR) is 144 cm³/mol. The predicted octanol–water partition coefficient (Wildman–Crippen LogP) is 4.84. The summed E-state index contributed by atoms with van der Waals surface area (Å²) in [6.07, 6.45) is 1.71. The Morgan fingerprint density at radius 3 is 2.11 bits per heavy atom. The Labute approximate surface area is 216 Å². The molecule has 7 heteroatoms. The number of carbonyl (C=O) groups is 2. The summed E-state index contributed by atoms with van der Waals surface area (Å²) in [7, 11) is 0. The van der Waals surface area contributed by atoms with Gasteiger partial charge in [0, 0.05) is 50.3 Å². The number of hydrogen-bond acceptors (Lipinski definition) is 5. The molecule has 0 radical (unpaired) electrons. The summed E-state index contributed by atoms with van der Waals surface area (Å²) >= 11 is 1.62. The van der Waals surface area contributed by atoms with Gasteiger partial charge in [-0.3, -0.25) is 14.5 Å². The van der Waals surface area contributed by atoms with Gasteiger partial charge in [-0.1, -0.05) is 72.8 Å². The third-order valence-electron chi connectivity index (χ3n) is 6.62. The minimum absolute atomic E-state index is 0.0452. The topological polar surface area (TPSA) is 65.0 Å². The number of piperidine rings is 1. The van der Waals surface area contributed by atoms with Crippen LogP contribution in [0.5, 0.6) is 0 Å². The van der Waals surface area contributed by atoms with E-state index in [1.54, 1.807) is 11.8 Å². The second kappa shape index (κ2) is 11.5. The van der Waals surface area contributed by atoms with E-state index in [2.05, 4.69) is 39.7 Å². The van der Waals surface area contributed by atoms with E-state index < -0.39 is 0 Å². The first-order valence-electron chi connectivity index (χ1n) is 12.3. The molecule has 2 aliphatic heterocycles. The Balaban J connectivity index is 1.14. The third-order valence-corrected chi connectivity index (χ3v) is 7.88. The SMILES string of the molecule is O=C(NN=C1CCN(Cc2ccccc2)CC1)c1ccc([C@H]2SCC(=O)N2Cc2ccccc2)cc1. The molecule has 1 N–H and O–H groups in total. The molecule has 0 spiro atoms. The normalized spacial score (nSPS) is 18.3. The second-order valence-electron chi connectivity index (χ2n) is 9.17. The van der Waals surface area contributed by atoms with Crippen LogP contribution in [0.3, 0.4) is 0 Å². The van der Waals surface area contributed by atoms with E-state index in [4.69, 9.17) is 0 Å². The van der Waals surface area contributed by atoms with Gasteiger partial charge < -0.3 is 4.90 Å². The highest BCUT2D eigenvalue weighted by atomic mass is 32.2. The highest BCUT2D eigenvalue weighted by molar-refractivity contribution is 8.00. The number of benzene rings is 3. The Hall–Kier alpha value is -3.42. The Morgan fingerprint density at radius 1 is 0.861 bits per heavy atom. The van der Waals surface area contributed by atoms with Crippen LogP contribution in [-0.4, -0.2) is 46.2 Å². The first-order valence-corrected chi connectivity index (χ1v) is 13.4. The number of amides is 2. The van der Waals surface area contributed by atoms with Crippen molar-refractivity contribution in [2.75, 3.05) is 18.8 Å². The molecule has 2 saturated heterocycles. The zero-order valence-corrected chi connectivity index (χ0v) is 21.0. The average molecular weight is 499 g/mol. The van der Waals surface area contributed by atoms with Crippen LogP contribution in [0.15, 0.2) is 90.0 Å². The van der Waals surface area contributed by atoms with Crippen molar-refractivity contribution in [1.82, 2.24) is 15.2 Å². The summed E-state index contributed by atoms with van der Waals surface area (Å²) in [6, 6.07) is 28.0. The summed E-state index contributed by atoms with van der Waals surface area (Å²) in [5, 5.41) is 4.36. The van der Waals surface area contributed by atoms with Gasteiger partial charge in [0.2, 0.25) is 5.91 Å². The van der Waals surface area contributed by atoms with E-state index in [9.17, 15) is 9.59 Å². The molecule has 6 nitrogen and oxygen atoms in total. The lowest BCUT2D eigenvalue weighted by atomic mass is 10.1. The zero-order valence-electron chi connectivity index (χ0n) is 20.2. The van der Waals surface area contributed by atoms with E-state index >= 15 is 0 Å². The molecule has 3 aromatic carbocycles. The summed E-state index contributed by atoms with van der Waals surface area (Å²) in [5.74, 6) is 0.401. The van der Waals surface area contributed by atoms with Crippen molar-refractivity contribution >= 4 is 29.3 Å². The standard InChI is InChI=1S/C29H30N4O2S/c34-27-21-36-29(33(27)20-23-9-5-2-6-10-23)25-13-11-24(12-14-25)28(35)31-30-26-15-17-32(18-16-26)19-22-7-3-1-4-8-22/h1-14,29H,15-21H2,(H,31,35)/t29-/m1/s1. The lowest BCUT2D eigenvalue weighted by Gasteiger charge is -2.27. The lowest BCUT2D eigenvalue weighted by Crippen LogP contribution is -2.34. The first kappa shape index (κ1) is 24.3. The molecule has 0 unspecified atom stereocenters. The molecule has 0 aromatic heterocycles. The zero-order chi connectivity index (χ0) is 24.7. The molecule has 5 rings (SSSR count). The fourth-order valence-electron chi connectivity index (χ4n) is 4.60. The molecular weight excluding hydrogens is 468 g/mol. The van der Waals surface area contributed by atoms with Crippen molar-refractivity contribution in [2.24, 2.45) is 5.10 Å². The van der Waals surface area contributed by atoms with E-state index in [1.165, 1.54) is 5.56 Å². The number of hydrazone groups is 1. The quantitative estimate of drug-likeness (QED) is 0.474. The molecule has 1 atom stereocenters. The van der Waals surface area contributed by atoms with Gasteiger partial charge in [0.05, 0.1) is 5.75 Å². The van der Waals surface area contributed by atoms with Crippen LogP contribution in [0.1, 0.15) is 45.3 Å². The van der Waals surface area contributed by atoms with Crippen LogP contribution >= 0.6 is 11.8 Å². The Morgan fingerprint density at radius 2 is 1.47 bits per heavy atom. The lowest BCUT2D eigenvalue weighted by molar-refractivity contribution is -0.128. The molecule has 0 bridgehead atoms. The van der Waals surface area contributed by atoms with Gasteiger partial charge in [-0.2, -0.15) is 5.10 Å². The molecule has 2 fully saturated rings. The summed E-state index contributed by atoms with van der Waals surface area (Å²) in [4.78, 5) is 29.5. The fraction of sp³-hybridized carbons (Fsp3) is 0.276. The molecule has 3 aromatic rings. The molecule has 2 heterocycles. The van der Waals surface area contributed by atoms with E-state index in [0.29, 0.717) is 17.9 Å². The molecule has 0 aliphatic carbocycles. The maximum absolute atomic E-state index is 12.7. The van der Waals surface area contributed by atoms with Gasteiger partial charge in [-0.25, -0.2) is 5.43 Å². The number of thioether (sulfide) groups is 1. The minimum atomic E-state index is -0.211. The van der Waals surface area contributed by atoms with Gasteiger partial charge in [0.1, 0.15) is 5.37 Å². The molecule has 36 heavy (non-hydrogen) atoms. The molecule has 2 aliphatic rings. The number of likely N-dealkylation sites (tertiary alicyclic amines) is 1. The average Bonchev–Trinajstić information content (AvgIpc) is 3.29. The van der Waals surface area contributed by atoms with Crippen LogP contribution in [0.4, 0.5) is 0 Å². The van der Waals surface area contributed by atoms with Crippen LogP contribution in [0, 0.1) is 0 Å².